The summed E-state index contributed by atoms with van der Waals surface area (Å²) in [6, 6.07) is 3.27. The number of carboxylic acid groups (broad SMARTS) is 1. The summed E-state index contributed by atoms with van der Waals surface area (Å²) >= 11 is 4.18. The molecule has 0 saturated carbocycles. The van der Waals surface area contributed by atoms with E-state index in [1.165, 1.54) is 12.1 Å². The Morgan fingerprint density at radius 3 is 2.79 bits per heavy atom. The van der Waals surface area contributed by atoms with Crippen LogP contribution < -0.4 is 11.1 Å². The molecular formula is C11H12BrFN2O3S. The number of nitrogens with two attached hydrogens (primary N) is 1. The molecule has 0 aromatic heterocycles. The molecule has 0 spiro atoms. The van der Waals surface area contributed by atoms with Crippen LogP contribution in [0, 0.1) is 5.82 Å². The zero-order valence-electron chi connectivity index (χ0n) is 9.73. The van der Waals surface area contributed by atoms with Gasteiger partial charge in [-0.2, -0.15) is 0 Å². The van der Waals surface area contributed by atoms with E-state index in [1.807, 2.05) is 0 Å². The maximum Gasteiger partial charge on any atom is 0.321 e. The normalized spacial score (nSPS) is 11.9. The van der Waals surface area contributed by atoms with Crippen LogP contribution in [0.2, 0.25) is 0 Å². The van der Waals surface area contributed by atoms with Gasteiger partial charge in [-0.25, -0.2) is 4.39 Å². The number of anilines is 1. The van der Waals surface area contributed by atoms with Gasteiger partial charge in [-0.3, -0.25) is 9.59 Å². The van der Waals surface area contributed by atoms with Crippen LogP contribution >= 0.6 is 27.7 Å². The number of hydrogen-bond acceptors (Lipinski definition) is 4. The van der Waals surface area contributed by atoms with Crippen molar-refractivity contribution in [2.45, 2.75) is 6.04 Å². The van der Waals surface area contributed by atoms with Crippen molar-refractivity contribution >= 4 is 45.3 Å². The Kier molecular flexibility index (Phi) is 6.26. The SMILES string of the molecule is NC(CSCC(=O)Nc1ccc(Br)cc1F)C(=O)O. The van der Waals surface area contributed by atoms with Gasteiger partial charge in [-0.1, -0.05) is 15.9 Å². The minimum absolute atomic E-state index is 0.0104. The van der Waals surface area contributed by atoms with E-state index in [0.717, 1.165) is 11.8 Å². The van der Waals surface area contributed by atoms with Crippen molar-refractivity contribution in [1.82, 2.24) is 0 Å². The Labute approximate surface area is 121 Å². The third-order valence-corrected chi connectivity index (χ3v) is 3.61. The molecule has 19 heavy (non-hydrogen) atoms. The summed E-state index contributed by atoms with van der Waals surface area (Å²) in [5, 5.41) is 10.9. The molecule has 104 valence electrons. The molecule has 1 aromatic rings. The Morgan fingerprint density at radius 2 is 2.21 bits per heavy atom. The number of thioether (sulfide) groups is 1. The summed E-state index contributed by atoms with van der Waals surface area (Å²) in [6.07, 6.45) is 0. The van der Waals surface area contributed by atoms with Crippen LogP contribution in [0.15, 0.2) is 22.7 Å². The highest BCUT2D eigenvalue weighted by atomic mass is 79.9. The molecule has 5 nitrogen and oxygen atoms in total. The Hall–Kier alpha value is -1.12. The number of benzene rings is 1. The number of amides is 1. The molecule has 1 unspecified atom stereocenters. The molecule has 4 N–H and O–H groups in total. The molecule has 1 amide bonds. The topological polar surface area (TPSA) is 92.4 Å². The molecule has 0 aliphatic heterocycles. The third-order valence-electron chi connectivity index (χ3n) is 2.05. The van der Waals surface area contributed by atoms with E-state index in [2.05, 4.69) is 21.2 Å². The van der Waals surface area contributed by atoms with Gasteiger partial charge in [0, 0.05) is 10.2 Å². The summed E-state index contributed by atoms with van der Waals surface area (Å²) in [7, 11) is 0. The second-order valence-corrected chi connectivity index (χ2v) is 5.58. The van der Waals surface area contributed by atoms with Crippen molar-refractivity contribution in [3.63, 3.8) is 0 Å². The molecule has 0 fully saturated rings. The minimum Gasteiger partial charge on any atom is -0.480 e. The van der Waals surface area contributed by atoms with E-state index in [0.29, 0.717) is 4.47 Å². The largest absolute Gasteiger partial charge is 0.480 e. The average Bonchev–Trinajstić information content (AvgIpc) is 2.32. The maximum atomic E-state index is 13.4. The molecule has 0 aliphatic rings. The highest BCUT2D eigenvalue weighted by molar-refractivity contribution is 9.10. The van der Waals surface area contributed by atoms with Crippen LogP contribution in [0.4, 0.5) is 10.1 Å². The zero-order valence-corrected chi connectivity index (χ0v) is 12.1. The lowest BCUT2D eigenvalue weighted by Gasteiger charge is -2.08. The van der Waals surface area contributed by atoms with Crippen LogP contribution in [0.1, 0.15) is 0 Å². The van der Waals surface area contributed by atoms with Crippen molar-refractivity contribution < 1.29 is 19.1 Å². The van der Waals surface area contributed by atoms with Crippen LogP contribution in [0.3, 0.4) is 0 Å². The van der Waals surface area contributed by atoms with Gasteiger partial charge in [-0.05, 0) is 18.2 Å². The summed E-state index contributed by atoms with van der Waals surface area (Å²) in [4.78, 5) is 22.0. The van der Waals surface area contributed by atoms with Crippen LogP contribution in [0.5, 0.6) is 0 Å². The summed E-state index contributed by atoms with van der Waals surface area (Å²) in [5.41, 5.74) is 5.36. The molecule has 0 aliphatic carbocycles. The molecule has 0 radical (unpaired) electrons. The highest BCUT2D eigenvalue weighted by Crippen LogP contribution is 2.19. The first-order valence-electron chi connectivity index (χ1n) is 5.21. The number of carbonyl (C=O) groups is 2. The number of carbonyl (C=O) groups excluding carboxylic acids is 1. The molecule has 0 heterocycles. The maximum absolute atomic E-state index is 13.4. The summed E-state index contributed by atoms with van der Waals surface area (Å²) in [5.74, 6) is -1.95. The standard InChI is InChI=1S/C11H12BrFN2O3S/c12-6-1-2-9(7(13)3-6)15-10(16)5-19-4-8(14)11(17)18/h1-3,8H,4-5,14H2,(H,15,16)(H,17,18). The van der Waals surface area contributed by atoms with Crippen LogP contribution in [0.25, 0.3) is 0 Å². The average molecular weight is 351 g/mol. The van der Waals surface area contributed by atoms with Gasteiger partial charge in [-0.15, -0.1) is 11.8 Å². The Bertz CT molecular complexity index is 487. The van der Waals surface area contributed by atoms with Crippen molar-refractivity contribution in [2.75, 3.05) is 16.8 Å². The van der Waals surface area contributed by atoms with E-state index in [4.69, 9.17) is 10.8 Å². The fourth-order valence-electron chi connectivity index (χ4n) is 1.13. The van der Waals surface area contributed by atoms with Crippen molar-refractivity contribution in [3.05, 3.63) is 28.5 Å². The first kappa shape index (κ1) is 15.9. The van der Waals surface area contributed by atoms with Gasteiger partial charge in [0.25, 0.3) is 0 Å². The van der Waals surface area contributed by atoms with E-state index >= 15 is 0 Å². The second-order valence-electron chi connectivity index (χ2n) is 3.63. The number of carboxylic acids is 1. The molecule has 1 rings (SSSR count). The van der Waals surface area contributed by atoms with E-state index in [-0.39, 0.29) is 17.2 Å². The van der Waals surface area contributed by atoms with Crippen LogP contribution in [-0.2, 0) is 9.59 Å². The summed E-state index contributed by atoms with van der Waals surface area (Å²) < 4.78 is 14.0. The molecule has 0 saturated heterocycles. The zero-order chi connectivity index (χ0) is 14.4. The first-order chi connectivity index (χ1) is 8.90. The van der Waals surface area contributed by atoms with E-state index < -0.39 is 23.7 Å². The van der Waals surface area contributed by atoms with E-state index in [9.17, 15) is 14.0 Å². The van der Waals surface area contributed by atoms with Crippen LogP contribution in [-0.4, -0.2) is 34.5 Å². The van der Waals surface area contributed by atoms with Gasteiger partial charge in [0.15, 0.2) is 0 Å². The van der Waals surface area contributed by atoms with Crippen molar-refractivity contribution in [2.24, 2.45) is 5.73 Å². The second kappa shape index (κ2) is 7.46. The molecule has 8 heteroatoms. The number of hydrogen-bond donors (Lipinski definition) is 3. The van der Waals surface area contributed by atoms with Gasteiger partial charge in [0.1, 0.15) is 11.9 Å². The third kappa shape index (κ3) is 5.58. The Balaban J connectivity index is 2.41. The molecule has 1 atom stereocenters. The number of nitrogens with one attached hydrogen (secondary N) is 1. The van der Waals surface area contributed by atoms with Crippen molar-refractivity contribution in [1.29, 1.82) is 0 Å². The molecule has 1 aromatic carbocycles. The minimum atomic E-state index is -1.12. The fourth-order valence-corrected chi connectivity index (χ4v) is 2.23. The predicted octanol–water partition coefficient (Wildman–Crippen LogP) is 1.67. The molecular weight excluding hydrogens is 339 g/mol. The highest BCUT2D eigenvalue weighted by Gasteiger charge is 2.13. The fraction of sp³-hybridized carbons (Fsp3) is 0.273. The smallest absolute Gasteiger partial charge is 0.321 e. The van der Waals surface area contributed by atoms with Crippen molar-refractivity contribution in [3.8, 4) is 0 Å². The van der Waals surface area contributed by atoms with Gasteiger partial charge in [0.2, 0.25) is 5.91 Å². The monoisotopic (exact) mass is 350 g/mol. The van der Waals surface area contributed by atoms with Gasteiger partial charge >= 0.3 is 5.97 Å². The lowest BCUT2D eigenvalue weighted by molar-refractivity contribution is -0.137. The Morgan fingerprint density at radius 1 is 1.53 bits per heavy atom. The van der Waals surface area contributed by atoms with Gasteiger partial charge in [0.05, 0.1) is 11.4 Å². The summed E-state index contributed by atoms with van der Waals surface area (Å²) in [6.45, 7) is 0. The molecule has 0 bridgehead atoms. The lowest BCUT2D eigenvalue weighted by Crippen LogP contribution is -2.33. The van der Waals surface area contributed by atoms with Gasteiger partial charge < -0.3 is 16.2 Å². The number of aliphatic carboxylic acids is 1. The number of rotatable bonds is 6. The number of halogens is 2. The quantitative estimate of drug-likeness (QED) is 0.725. The van der Waals surface area contributed by atoms with E-state index in [1.54, 1.807) is 6.07 Å². The lowest BCUT2D eigenvalue weighted by atomic mass is 10.3. The predicted molar refractivity (Wildman–Crippen MR) is 75.7 cm³/mol. The first-order valence-corrected chi connectivity index (χ1v) is 7.16.